The topological polar surface area (TPSA) is 108 Å². The molecule has 30 heavy (non-hydrogen) atoms. The van der Waals surface area contributed by atoms with E-state index < -0.39 is 11.9 Å². The Morgan fingerprint density at radius 2 is 1.80 bits per heavy atom. The van der Waals surface area contributed by atoms with Gasteiger partial charge in [0.15, 0.2) is 0 Å². The van der Waals surface area contributed by atoms with Crippen molar-refractivity contribution in [2.45, 2.75) is 6.92 Å². The Balaban J connectivity index is 2.22. The second-order valence-electron chi connectivity index (χ2n) is 6.34. The van der Waals surface area contributed by atoms with Gasteiger partial charge in [0.1, 0.15) is 5.69 Å². The predicted molar refractivity (Wildman–Crippen MR) is 116 cm³/mol. The fourth-order valence-electron chi connectivity index (χ4n) is 3.03. The van der Waals surface area contributed by atoms with Gasteiger partial charge in [0.25, 0.3) is 0 Å². The summed E-state index contributed by atoms with van der Waals surface area (Å²) in [4.78, 5) is 38.4. The zero-order valence-corrected chi connectivity index (χ0v) is 17.4. The van der Waals surface area contributed by atoms with E-state index in [2.05, 4.69) is 10.3 Å². The number of benzene rings is 2. The lowest BCUT2D eigenvalue weighted by atomic mass is 10.0. The number of aromatic amines is 1. The molecule has 2 aromatic carbocycles. The molecule has 0 fully saturated rings. The van der Waals surface area contributed by atoms with Gasteiger partial charge in [-0.1, -0.05) is 35.3 Å². The van der Waals surface area contributed by atoms with Gasteiger partial charge < -0.3 is 20.1 Å². The monoisotopic (exact) mass is 446 g/mol. The number of aliphatic carboxylic acids is 1. The quantitative estimate of drug-likeness (QED) is 0.383. The maximum Gasteiger partial charge on any atom is 0.355 e. The second kappa shape index (κ2) is 8.61. The smallest absolute Gasteiger partial charge is 0.355 e. The minimum atomic E-state index is -1.21. The molecule has 3 N–H and O–H groups in total. The number of carbonyl (C=O) groups is 3. The summed E-state index contributed by atoms with van der Waals surface area (Å²) in [6.45, 7) is 1.37. The molecule has 3 rings (SSSR count). The van der Waals surface area contributed by atoms with Crippen LogP contribution in [-0.2, 0) is 14.3 Å². The van der Waals surface area contributed by atoms with Crippen molar-refractivity contribution in [2.24, 2.45) is 0 Å². The van der Waals surface area contributed by atoms with Crippen LogP contribution < -0.4 is 5.32 Å². The maximum atomic E-state index is 12.3. The van der Waals surface area contributed by atoms with Gasteiger partial charge in [-0.2, -0.15) is 0 Å². The third-order valence-corrected chi connectivity index (χ3v) is 4.79. The minimum absolute atomic E-state index is 0.0466. The number of anilines is 1. The highest BCUT2D eigenvalue weighted by Crippen LogP contribution is 2.35. The molecular weight excluding hydrogens is 431 g/mol. The summed E-state index contributed by atoms with van der Waals surface area (Å²) in [5.74, 6) is -2.14. The zero-order chi connectivity index (χ0) is 22.0. The second-order valence-corrected chi connectivity index (χ2v) is 7.18. The molecule has 0 saturated heterocycles. The number of fused-ring (bicyclic) bond motifs is 1. The summed E-state index contributed by atoms with van der Waals surface area (Å²) in [5, 5.41) is 13.5. The number of carboxylic acid groups (broad SMARTS) is 1. The van der Waals surface area contributed by atoms with Crippen molar-refractivity contribution < 1.29 is 24.2 Å². The number of carbonyl (C=O) groups excluding carboxylic acids is 2. The number of hydrogen-bond acceptors (Lipinski definition) is 4. The molecule has 0 aliphatic carbocycles. The number of halogens is 2. The molecular formula is C21H16Cl2N2O5. The van der Waals surface area contributed by atoms with Crippen molar-refractivity contribution in [3.63, 3.8) is 0 Å². The molecule has 1 heterocycles. The summed E-state index contributed by atoms with van der Waals surface area (Å²) < 4.78 is 4.81. The normalized spacial score (nSPS) is 11.4. The lowest BCUT2D eigenvalue weighted by Gasteiger charge is -2.07. The molecule has 0 spiro atoms. The molecule has 0 saturated carbocycles. The highest BCUT2D eigenvalue weighted by Gasteiger charge is 2.22. The molecule has 0 atom stereocenters. The summed E-state index contributed by atoms with van der Waals surface area (Å²) in [7, 11) is 1.22. The molecule has 1 aromatic heterocycles. The molecule has 9 heteroatoms. The van der Waals surface area contributed by atoms with E-state index in [4.69, 9.17) is 27.9 Å². The predicted octanol–water partition coefficient (Wildman–Crippen LogP) is 4.84. The van der Waals surface area contributed by atoms with Crippen molar-refractivity contribution in [2.75, 3.05) is 12.4 Å². The van der Waals surface area contributed by atoms with Crippen LogP contribution in [0.3, 0.4) is 0 Å². The molecule has 154 valence electrons. The first-order valence-electron chi connectivity index (χ1n) is 8.63. The van der Waals surface area contributed by atoms with E-state index >= 15 is 0 Å². The Labute approximate surface area is 181 Å². The standard InChI is InChI=1S/C21H16Cl2N2O5/c1-10(26)24-13-5-3-11(4-6-13)14(20(27)28)9-15-18-16(23)7-12(22)8-17(18)25-19(15)21(29)30-2/h3-9,25H,1-2H3,(H,24,26)(H,27,28)/b14-9-. The number of ether oxygens (including phenoxy) is 1. The van der Waals surface area contributed by atoms with E-state index in [1.807, 2.05) is 0 Å². The van der Waals surface area contributed by atoms with Crippen LogP contribution in [0.2, 0.25) is 10.0 Å². The molecule has 0 aliphatic heterocycles. The highest BCUT2D eigenvalue weighted by molar-refractivity contribution is 6.39. The van der Waals surface area contributed by atoms with Gasteiger partial charge in [-0.05, 0) is 35.9 Å². The number of nitrogens with one attached hydrogen (secondary N) is 2. The average Bonchev–Trinajstić information content (AvgIpc) is 3.04. The third kappa shape index (κ3) is 4.32. The number of rotatable bonds is 5. The number of aromatic nitrogens is 1. The first kappa shape index (κ1) is 21.4. The number of esters is 1. The van der Waals surface area contributed by atoms with Crippen LogP contribution in [0.1, 0.15) is 28.5 Å². The van der Waals surface area contributed by atoms with Crippen LogP contribution in [0, 0.1) is 0 Å². The van der Waals surface area contributed by atoms with Gasteiger partial charge >= 0.3 is 11.9 Å². The highest BCUT2D eigenvalue weighted by atomic mass is 35.5. The van der Waals surface area contributed by atoms with Crippen LogP contribution in [0.25, 0.3) is 22.6 Å². The van der Waals surface area contributed by atoms with E-state index in [1.165, 1.54) is 26.2 Å². The largest absolute Gasteiger partial charge is 0.478 e. The minimum Gasteiger partial charge on any atom is -0.478 e. The Hall–Kier alpha value is -3.29. The van der Waals surface area contributed by atoms with Gasteiger partial charge in [-0.3, -0.25) is 4.79 Å². The van der Waals surface area contributed by atoms with Crippen molar-refractivity contribution in [1.82, 2.24) is 4.98 Å². The van der Waals surface area contributed by atoms with E-state index in [-0.39, 0.29) is 27.8 Å². The molecule has 3 aromatic rings. The van der Waals surface area contributed by atoms with Gasteiger partial charge in [-0.15, -0.1) is 0 Å². The molecule has 0 bridgehead atoms. The fourth-order valence-corrected chi connectivity index (χ4v) is 3.62. The maximum absolute atomic E-state index is 12.3. The summed E-state index contributed by atoms with van der Waals surface area (Å²) in [6.07, 6.45) is 1.35. The Kier molecular flexibility index (Phi) is 6.14. The Morgan fingerprint density at radius 3 is 2.37 bits per heavy atom. The van der Waals surface area contributed by atoms with Crippen LogP contribution in [0.5, 0.6) is 0 Å². The van der Waals surface area contributed by atoms with Crippen molar-refractivity contribution in [3.8, 4) is 0 Å². The van der Waals surface area contributed by atoms with E-state index in [1.54, 1.807) is 30.3 Å². The van der Waals surface area contributed by atoms with Crippen LogP contribution in [0.4, 0.5) is 5.69 Å². The summed E-state index contributed by atoms with van der Waals surface area (Å²) in [5.41, 5.74) is 1.58. The number of hydrogen-bond donors (Lipinski definition) is 3. The van der Waals surface area contributed by atoms with Crippen molar-refractivity contribution in [3.05, 3.63) is 63.3 Å². The van der Waals surface area contributed by atoms with Gasteiger partial charge in [-0.25, -0.2) is 9.59 Å². The number of H-pyrrole nitrogens is 1. The molecule has 0 aliphatic rings. The van der Waals surface area contributed by atoms with E-state index in [0.29, 0.717) is 27.2 Å². The Bertz CT molecular complexity index is 1200. The first-order valence-corrected chi connectivity index (χ1v) is 9.39. The number of methoxy groups -OCH3 is 1. The molecule has 0 unspecified atom stereocenters. The van der Waals surface area contributed by atoms with Gasteiger partial charge in [0.2, 0.25) is 5.91 Å². The molecule has 0 radical (unpaired) electrons. The van der Waals surface area contributed by atoms with Crippen LogP contribution >= 0.6 is 23.2 Å². The summed E-state index contributed by atoms with van der Waals surface area (Å²) >= 11 is 12.4. The number of carboxylic acids is 1. The van der Waals surface area contributed by atoms with Gasteiger partial charge in [0.05, 0.1) is 17.7 Å². The van der Waals surface area contributed by atoms with Crippen LogP contribution in [-0.4, -0.2) is 35.0 Å². The SMILES string of the molecule is COC(=O)c1[nH]c2cc(Cl)cc(Cl)c2c1/C=C(\C(=O)O)c1ccc(NC(C)=O)cc1. The third-order valence-electron chi connectivity index (χ3n) is 4.28. The van der Waals surface area contributed by atoms with Crippen LogP contribution in [0.15, 0.2) is 36.4 Å². The average molecular weight is 447 g/mol. The zero-order valence-electron chi connectivity index (χ0n) is 15.9. The number of amides is 1. The van der Waals surface area contributed by atoms with Gasteiger partial charge in [0, 0.05) is 34.1 Å². The van der Waals surface area contributed by atoms with E-state index in [9.17, 15) is 19.5 Å². The Morgan fingerprint density at radius 1 is 1.13 bits per heavy atom. The lowest BCUT2D eigenvalue weighted by molar-refractivity contribution is -0.130. The first-order chi connectivity index (χ1) is 14.2. The van der Waals surface area contributed by atoms with Crippen molar-refractivity contribution in [1.29, 1.82) is 0 Å². The molecule has 1 amide bonds. The lowest BCUT2D eigenvalue weighted by Crippen LogP contribution is -2.06. The summed E-state index contributed by atoms with van der Waals surface area (Å²) in [6, 6.07) is 9.34. The molecule has 7 nitrogen and oxygen atoms in total. The van der Waals surface area contributed by atoms with Crippen molar-refractivity contribution >= 4 is 69.3 Å². The van der Waals surface area contributed by atoms with E-state index in [0.717, 1.165) is 0 Å². The fraction of sp³-hybridized carbons (Fsp3) is 0.0952.